The Morgan fingerprint density at radius 2 is 2.00 bits per heavy atom. The van der Waals surface area contributed by atoms with Crippen molar-refractivity contribution in [2.45, 2.75) is 37.6 Å². The van der Waals surface area contributed by atoms with Crippen molar-refractivity contribution in [3.8, 4) is 0 Å². The molecule has 0 radical (unpaired) electrons. The van der Waals surface area contributed by atoms with E-state index in [1.807, 2.05) is 5.38 Å². The number of nitrogens with zero attached hydrogens (tertiary/aromatic N) is 2. The highest BCUT2D eigenvalue weighted by Crippen LogP contribution is 2.32. The summed E-state index contributed by atoms with van der Waals surface area (Å²) in [5, 5.41) is 17.0. The molecule has 24 heavy (non-hydrogen) atoms. The van der Waals surface area contributed by atoms with Crippen molar-refractivity contribution in [1.29, 1.82) is 0 Å². The number of benzene rings is 1. The van der Waals surface area contributed by atoms with Crippen LogP contribution in [-0.2, 0) is 21.8 Å². The Morgan fingerprint density at radius 3 is 2.50 bits per heavy atom. The first-order valence-electron chi connectivity index (χ1n) is 7.16. The summed E-state index contributed by atoms with van der Waals surface area (Å²) in [6.45, 7) is 6.45. The number of hydrogen-bond donors (Lipinski definition) is 1. The van der Waals surface area contributed by atoms with E-state index in [4.69, 9.17) is 0 Å². The van der Waals surface area contributed by atoms with Crippen LogP contribution in [0.5, 0.6) is 0 Å². The monoisotopic (exact) mass is 369 g/mol. The van der Waals surface area contributed by atoms with E-state index in [1.165, 1.54) is 29.5 Å². The second-order valence-electron chi connectivity index (χ2n) is 6.41. The van der Waals surface area contributed by atoms with Crippen LogP contribution >= 0.6 is 11.3 Å². The van der Waals surface area contributed by atoms with Crippen molar-refractivity contribution in [1.82, 2.24) is 4.98 Å². The van der Waals surface area contributed by atoms with Gasteiger partial charge in [0.25, 0.3) is 0 Å². The van der Waals surface area contributed by atoms with Crippen LogP contribution in [-0.4, -0.2) is 24.6 Å². The van der Waals surface area contributed by atoms with Gasteiger partial charge in [-0.25, -0.2) is 13.4 Å². The Labute approximate surface area is 144 Å². The third-order valence-electron chi connectivity index (χ3n) is 3.33. The lowest BCUT2D eigenvalue weighted by molar-refractivity contribution is -0.386. The van der Waals surface area contributed by atoms with Gasteiger partial charge in [-0.05, 0) is 12.1 Å². The molecule has 0 aliphatic heterocycles. The molecule has 0 fully saturated rings. The highest BCUT2D eigenvalue weighted by molar-refractivity contribution is 7.90. The van der Waals surface area contributed by atoms with Crippen molar-refractivity contribution in [3.63, 3.8) is 0 Å². The van der Waals surface area contributed by atoms with Gasteiger partial charge in [-0.3, -0.25) is 10.1 Å². The Balaban J connectivity index is 2.31. The number of nitrogens with one attached hydrogen (secondary N) is 1. The predicted octanol–water partition coefficient (Wildman–Crippen LogP) is 3.36. The van der Waals surface area contributed by atoms with Crippen LogP contribution in [0.15, 0.2) is 28.5 Å². The van der Waals surface area contributed by atoms with E-state index >= 15 is 0 Å². The first-order chi connectivity index (χ1) is 11.0. The zero-order valence-corrected chi connectivity index (χ0v) is 15.5. The molecule has 1 aromatic carbocycles. The molecule has 2 rings (SSSR count). The number of rotatable bonds is 5. The SMILES string of the molecule is CC(C)(C)c1csc(CNc2cccc(S(C)(=O)=O)c2[N+](=O)[O-])n1. The molecule has 7 nitrogen and oxygen atoms in total. The fourth-order valence-electron chi connectivity index (χ4n) is 2.06. The first kappa shape index (κ1) is 18.3. The predicted molar refractivity (Wildman–Crippen MR) is 94.3 cm³/mol. The van der Waals surface area contributed by atoms with E-state index in [-0.39, 0.29) is 22.5 Å². The van der Waals surface area contributed by atoms with E-state index in [1.54, 1.807) is 0 Å². The third kappa shape index (κ3) is 4.09. The zero-order valence-electron chi connectivity index (χ0n) is 13.9. The molecule has 0 aliphatic rings. The molecule has 0 saturated carbocycles. The molecular weight excluding hydrogens is 350 g/mol. The van der Waals surface area contributed by atoms with Gasteiger partial charge in [0.15, 0.2) is 9.84 Å². The van der Waals surface area contributed by atoms with Crippen LogP contribution in [0.1, 0.15) is 31.5 Å². The Hall–Kier alpha value is -2.00. The minimum atomic E-state index is -3.69. The summed E-state index contributed by atoms with van der Waals surface area (Å²) in [5.74, 6) is 0. The van der Waals surface area contributed by atoms with Crippen molar-refractivity contribution in [2.24, 2.45) is 0 Å². The normalized spacial score (nSPS) is 12.2. The van der Waals surface area contributed by atoms with E-state index in [0.717, 1.165) is 17.0 Å². The summed E-state index contributed by atoms with van der Waals surface area (Å²) < 4.78 is 23.5. The summed E-state index contributed by atoms with van der Waals surface area (Å²) >= 11 is 1.46. The molecule has 1 heterocycles. The van der Waals surface area contributed by atoms with Crippen molar-refractivity contribution >= 4 is 32.5 Å². The molecule has 0 aliphatic carbocycles. The van der Waals surface area contributed by atoms with Crippen molar-refractivity contribution < 1.29 is 13.3 Å². The standard InChI is InChI=1S/C15H19N3O4S2/c1-15(2,3)12-9-23-13(17-12)8-16-10-6-5-7-11(24(4,21)22)14(10)18(19)20/h5-7,9,16H,8H2,1-4H3. The molecular formula is C15H19N3O4S2. The van der Waals surface area contributed by atoms with Crippen LogP contribution in [0, 0.1) is 10.1 Å². The average Bonchev–Trinajstić information content (AvgIpc) is 2.92. The summed E-state index contributed by atoms with van der Waals surface area (Å²) in [6.07, 6.45) is 0.954. The van der Waals surface area contributed by atoms with E-state index < -0.39 is 20.4 Å². The molecule has 0 saturated heterocycles. The van der Waals surface area contributed by atoms with Gasteiger partial charge >= 0.3 is 5.69 Å². The first-order valence-corrected chi connectivity index (χ1v) is 9.93. The number of sulfone groups is 1. The van der Waals surface area contributed by atoms with E-state index in [0.29, 0.717) is 0 Å². The third-order valence-corrected chi connectivity index (χ3v) is 5.31. The summed E-state index contributed by atoms with van der Waals surface area (Å²) in [7, 11) is -3.69. The number of para-hydroxylation sites is 1. The fourth-order valence-corrected chi connectivity index (χ4v) is 3.88. The summed E-state index contributed by atoms with van der Waals surface area (Å²) in [5.41, 5.74) is 0.600. The lowest BCUT2D eigenvalue weighted by Crippen LogP contribution is -2.12. The average molecular weight is 369 g/mol. The molecule has 2 aromatic rings. The van der Waals surface area contributed by atoms with Gasteiger partial charge < -0.3 is 5.32 Å². The molecule has 1 aromatic heterocycles. The molecule has 0 atom stereocenters. The quantitative estimate of drug-likeness (QED) is 0.640. The topological polar surface area (TPSA) is 102 Å². The van der Waals surface area contributed by atoms with Gasteiger partial charge in [-0.2, -0.15) is 0 Å². The number of nitro benzene ring substituents is 1. The van der Waals surface area contributed by atoms with Gasteiger partial charge in [-0.1, -0.05) is 26.8 Å². The Bertz CT molecular complexity index is 867. The fraction of sp³-hybridized carbons (Fsp3) is 0.400. The highest BCUT2D eigenvalue weighted by Gasteiger charge is 2.26. The molecule has 130 valence electrons. The van der Waals surface area contributed by atoms with Crippen LogP contribution < -0.4 is 5.32 Å². The second-order valence-corrected chi connectivity index (χ2v) is 9.34. The number of nitro groups is 1. The molecule has 0 bridgehead atoms. The lowest BCUT2D eigenvalue weighted by Gasteiger charge is -2.14. The number of anilines is 1. The lowest BCUT2D eigenvalue weighted by atomic mass is 9.93. The molecule has 9 heteroatoms. The maximum Gasteiger partial charge on any atom is 0.310 e. The van der Waals surface area contributed by atoms with Gasteiger partial charge in [0.05, 0.1) is 17.2 Å². The number of aromatic nitrogens is 1. The minimum absolute atomic E-state index is 0.0725. The van der Waals surface area contributed by atoms with Crippen LogP contribution in [0.3, 0.4) is 0 Å². The smallest absolute Gasteiger partial charge is 0.310 e. The van der Waals surface area contributed by atoms with Crippen LogP contribution in [0.4, 0.5) is 11.4 Å². The van der Waals surface area contributed by atoms with Crippen LogP contribution in [0.25, 0.3) is 0 Å². The maximum atomic E-state index is 11.8. The van der Waals surface area contributed by atoms with Gasteiger partial charge in [-0.15, -0.1) is 11.3 Å². The summed E-state index contributed by atoms with van der Waals surface area (Å²) in [6, 6.07) is 4.21. The van der Waals surface area contributed by atoms with Crippen molar-refractivity contribution in [2.75, 3.05) is 11.6 Å². The van der Waals surface area contributed by atoms with Gasteiger partial charge in [0.2, 0.25) is 0 Å². The van der Waals surface area contributed by atoms with E-state index in [2.05, 4.69) is 31.1 Å². The molecule has 0 spiro atoms. The highest BCUT2D eigenvalue weighted by atomic mass is 32.2. The van der Waals surface area contributed by atoms with Gasteiger partial charge in [0, 0.05) is 17.1 Å². The van der Waals surface area contributed by atoms with Crippen LogP contribution in [0.2, 0.25) is 0 Å². The van der Waals surface area contributed by atoms with Gasteiger partial charge in [0.1, 0.15) is 15.6 Å². The molecule has 0 amide bonds. The molecule has 1 N–H and O–H groups in total. The Kier molecular flexibility index (Phi) is 4.95. The largest absolute Gasteiger partial charge is 0.373 e. The van der Waals surface area contributed by atoms with Crippen molar-refractivity contribution in [3.05, 3.63) is 44.4 Å². The second kappa shape index (κ2) is 6.48. The van der Waals surface area contributed by atoms with E-state index in [9.17, 15) is 18.5 Å². The summed E-state index contributed by atoms with van der Waals surface area (Å²) in [4.78, 5) is 14.9. The maximum absolute atomic E-state index is 11.8. The zero-order chi connectivity index (χ0) is 18.1. The minimum Gasteiger partial charge on any atom is -0.373 e. The number of hydrogen-bond acceptors (Lipinski definition) is 7. The molecule has 0 unspecified atom stereocenters. The number of thiazole rings is 1. The Morgan fingerprint density at radius 1 is 1.33 bits per heavy atom.